The third-order valence-corrected chi connectivity index (χ3v) is 5.07. The summed E-state index contributed by atoms with van der Waals surface area (Å²) < 4.78 is 9.58. The molecular formula is C20H25N5O. The van der Waals surface area contributed by atoms with Crippen LogP contribution in [0.15, 0.2) is 42.7 Å². The normalized spacial score (nSPS) is 17.7. The predicted octanol–water partition coefficient (Wildman–Crippen LogP) is 3.14. The minimum atomic E-state index is 0.452. The van der Waals surface area contributed by atoms with E-state index in [-0.39, 0.29) is 0 Å². The summed E-state index contributed by atoms with van der Waals surface area (Å²) in [4.78, 5) is 7.05. The molecule has 1 aromatic carbocycles. The van der Waals surface area contributed by atoms with Gasteiger partial charge in [0.15, 0.2) is 0 Å². The van der Waals surface area contributed by atoms with Crippen molar-refractivity contribution in [3.8, 4) is 11.4 Å². The Labute approximate surface area is 154 Å². The van der Waals surface area contributed by atoms with Crippen molar-refractivity contribution in [1.82, 2.24) is 24.2 Å². The number of rotatable bonds is 5. The first-order chi connectivity index (χ1) is 12.6. The molecule has 0 aliphatic carbocycles. The molecule has 26 heavy (non-hydrogen) atoms. The summed E-state index contributed by atoms with van der Waals surface area (Å²) in [5, 5.41) is 4.66. The second kappa shape index (κ2) is 6.96. The van der Waals surface area contributed by atoms with Crippen LogP contribution in [-0.4, -0.2) is 44.4 Å². The first kappa shape index (κ1) is 16.8. The first-order valence-electron chi connectivity index (χ1n) is 9.06. The number of aryl methyl sites for hydroxylation is 2. The van der Waals surface area contributed by atoms with Crippen LogP contribution in [0.4, 0.5) is 0 Å². The molecule has 1 atom stereocenters. The molecule has 2 aromatic heterocycles. The van der Waals surface area contributed by atoms with Crippen LogP contribution in [0.25, 0.3) is 5.69 Å². The molecule has 3 heterocycles. The topological polar surface area (TPSA) is 48.1 Å². The molecule has 1 aliphatic heterocycles. The van der Waals surface area contributed by atoms with Gasteiger partial charge >= 0.3 is 0 Å². The number of methoxy groups -OCH3 is 1. The lowest BCUT2D eigenvalue weighted by Gasteiger charge is -2.17. The van der Waals surface area contributed by atoms with E-state index >= 15 is 0 Å². The Hall–Kier alpha value is -2.60. The fourth-order valence-electron chi connectivity index (χ4n) is 3.80. The summed E-state index contributed by atoms with van der Waals surface area (Å²) in [5.41, 5.74) is 3.44. The molecule has 1 saturated heterocycles. The van der Waals surface area contributed by atoms with Crippen LogP contribution in [0.3, 0.4) is 0 Å². The van der Waals surface area contributed by atoms with Crippen molar-refractivity contribution < 1.29 is 4.74 Å². The molecule has 136 valence electrons. The molecule has 0 spiro atoms. The Morgan fingerprint density at radius 2 is 2.00 bits per heavy atom. The van der Waals surface area contributed by atoms with E-state index in [1.54, 1.807) is 7.11 Å². The molecule has 0 amide bonds. The number of ether oxygens (including phenoxy) is 1. The molecule has 0 bridgehead atoms. The summed E-state index contributed by atoms with van der Waals surface area (Å²) in [5.74, 6) is 1.92. The van der Waals surface area contributed by atoms with Crippen molar-refractivity contribution in [1.29, 1.82) is 0 Å². The van der Waals surface area contributed by atoms with Crippen LogP contribution < -0.4 is 4.74 Å². The minimum absolute atomic E-state index is 0.452. The third-order valence-electron chi connectivity index (χ3n) is 5.07. The second-order valence-electron chi connectivity index (χ2n) is 6.96. The van der Waals surface area contributed by atoms with Gasteiger partial charge in [0, 0.05) is 36.9 Å². The van der Waals surface area contributed by atoms with Crippen LogP contribution in [0, 0.1) is 13.8 Å². The Kier molecular flexibility index (Phi) is 4.51. The van der Waals surface area contributed by atoms with E-state index in [9.17, 15) is 0 Å². The van der Waals surface area contributed by atoms with Gasteiger partial charge in [-0.2, -0.15) is 5.10 Å². The quantitative estimate of drug-likeness (QED) is 0.708. The van der Waals surface area contributed by atoms with Crippen molar-refractivity contribution >= 4 is 0 Å². The molecule has 0 saturated carbocycles. The highest BCUT2D eigenvalue weighted by Gasteiger charge is 2.26. The zero-order valence-electron chi connectivity index (χ0n) is 15.6. The summed E-state index contributed by atoms with van der Waals surface area (Å²) in [7, 11) is 1.68. The van der Waals surface area contributed by atoms with E-state index < -0.39 is 0 Å². The smallest absolute Gasteiger partial charge is 0.127 e. The van der Waals surface area contributed by atoms with Crippen molar-refractivity contribution in [3.63, 3.8) is 0 Å². The van der Waals surface area contributed by atoms with E-state index in [0.717, 1.165) is 49.0 Å². The third kappa shape index (κ3) is 3.24. The van der Waals surface area contributed by atoms with E-state index in [0.29, 0.717) is 6.04 Å². The molecule has 6 nitrogen and oxygen atoms in total. The molecule has 1 fully saturated rings. The Morgan fingerprint density at radius 3 is 2.69 bits per heavy atom. The van der Waals surface area contributed by atoms with Gasteiger partial charge in [-0.25, -0.2) is 4.98 Å². The fourth-order valence-corrected chi connectivity index (χ4v) is 3.80. The first-order valence-corrected chi connectivity index (χ1v) is 9.06. The van der Waals surface area contributed by atoms with Crippen molar-refractivity contribution in [2.45, 2.75) is 32.9 Å². The highest BCUT2D eigenvalue weighted by atomic mass is 16.5. The standard InChI is InChI=1S/C20H25N5O/c1-15-12-16(2)25(22-15)18-8-10-23(13-18)14-20-21-9-11-24(20)17-4-6-19(26-3)7-5-17/h4-7,9,11-12,18H,8,10,13-14H2,1-3H3/t18-/m1/s1. The van der Waals surface area contributed by atoms with Crippen LogP contribution >= 0.6 is 0 Å². The number of aromatic nitrogens is 4. The number of imidazole rings is 1. The van der Waals surface area contributed by atoms with Gasteiger partial charge in [-0.1, -0.05) is 0 Å². The second-order valence-corrected chi connectivity index (χ2v) is 6.96. The number of hydrogen-bond donors (Lipinski definition) is 0. The Morgan fingerprint density at radius 1 is 1.19 bits per heavy atom. The van der Waals surface area contributed by atoms with Gasteiger partial charge in [0.2, 0.25) is 0 Å². The zero-order chi connectivity index (χ0) is 18.1. The van der Waals surface area contributed by atoms with Crippen molar-refractivity contribution in [3.05, 3.63) is 59.9 Å². The fraction of sp³-hybridized carbons (Fsp3) is 0.400. The lowest BCUT2D eigenvalue weighted by Crippen LogP contribution is -2.23. The summed E-state index contributed by atoms with van der Waals surface area (Å²) >= 11 is 0. The lowest BCUT2D eigenvalue weighted by atomic mass is 10.2. The maximum atomic E-state index is 5.25. The summed E-state index contributed by atoms with van der Waals surface area (Å²) in [6.45, 7) is 7.12. The number of hydrogen-bond acceptors (Lipinski definition) is 4. The maximum absolute atomic E-state index is 5.25. The highest BCUT2D eigenvalue weighted by Crippen LogP contribution is 2.25. The molecule has 1 aliphatic rings. The lowest BCUT2D eigenvalue weighted by molar-refractivity contribution is 0.301. The van der Waals surface area contributed by atoms with E-state index in [1.807, 2.05) is 24.5 Å². The van der Waals surface area contributed by atoms with Gasteiger partial charge in [-0.3, -0.25) is 9.58 Å². The largest absolute Gasteiger partial charge is 0.497 e. The Bertz CT molecular complexity index is 880. The average molecular weight is 351 g/mol. The van der Waals surface area contributed by atoms with Gasteiger partial charge in [-0.05, 0) is 50.6 Å². The van der Waals surface area contributed by atoms with E-state index in [1.165, 1.54) is 5.69 Å². The van der Waals surface area contributed by atoms with Gasteiger partial charge in [-0.15, -0.1) is 0 Å². The van der Waals surface area contributed by atoms with Gasteiger partial charge in [0.1, 0.15) is 11.6 Å². The predicted molar refractivity (Wildman–Crippen MR) is 101 cm³/mol. The van der Waals surface area contributed by atoms with Gasteiger partial charge < -0.3 is 9.30 Å². The monoisotopic (exact) mass is 351 g/mol. The summed E-state index contributed by atoms with van der Waals surface area (Å²) in [6, 6.07) is 10.7. The van der Waals surface area contributed by atoms with E-state index in [4.69, 9.17) is 4.74 Å². The van der Waals surface area contributed by atoms with E-state index in [2.05, 4.69) is 56.3 Å². The zero-order valence-corrected chi connectivity index (χ0v) is 15.6. The van der Waals surface area contributed by atoms with Crippen LogP contribution in [0.2, 0.25) is 0 Å². The molecule has 3 aromatic rings. The SMILES string of the molecule is COc1ccc(-n2ccnc2CN2CC[C@@H](n3nc(C)cc3C)C2)cc1. The maximum Gasteiger partial charge on any atom is 0.127 e. The van der Waals surface area contributed by atoms with Gasteiger partial charge in [0.05, 0.1) is 25.4 Å². The van der Waals surface area contributed by atoms with Crippen LogP contribution in [0.1, 0.15) is 29.7 Å². The number of nitrogens with zero attached hydrogens (tertiary/aromatic N) is 5. The molecule has 0 radical (unpaired) electrons. The molecule has 4 rings (SSSR count). The van der Waals surface area contributed by atoms with Crippen molar-refractivity contribution in [2.24, 2.45) is 0 Å². The molecule has 6 heteroatoms. The number of benzene rings is 1. The number of likely N-dealkylation sites (tertiary alicyclic amines) is 1. The van der Waals surface area contributed by atoms with Crippen molar-refractivity contribution in [2.75, 3.05) is 20.2 Å². The average Bonchev–Trinajstić information content (AvgIpc) is 3.36. The summed E-state index contributed by atoms with van der Waals surface area (Å²) in [6.07, 6.45) is 5.02. The Balaban J connectivity index is 1.47. The van der Waals surface area contributed by atoms with Crippen LogP contribution in [-0.2, 0) is 6.54 Å². The minimum Gasteiger partial charge on any atom is -0.497 e. The van der Waals surface area contributed by atoms with Gasteiger partial charge in [0.25, 0.3) is 0 Å². The molecule has 0 N–H and O–H groups in total. The highest BCUT2D eigenvalue weighted by molar-refractivity contribution is 5.38. The molecule has 0 unspecified atom stereocenters. The molecular weight excluding hydrogens is 326 g/mol. The van der Waals surface area contributed by atoms with Crippen LogP contribution in [0.5, 0.6) is 5.75 Å².